The van der Waals surface area contributed by atoms with Crippen molar-refractivity contribution in [3.8, 4) is 5.75 Å². The molecule has 2 aliphatic rings. The fraction of sp³-hybridized carbons (Fsp3) is 0.630. The lowest BCUT2D eigenvalue weighted by molar-refractivity contribution is -0.139. The van der Waals surface area contributed by atoms with Crippen molar-refractivity contribution in [3.63, 3.8) is 0 Å². The maximum absolute atomic E-state index is 11.6. The number of benzene rings is 1. The number of carboxylic acids is 1. The second kappa shape index (κ2) is 11.1. The van der Waals surface area contributed by atoms with Crippen LogP contribution in [0.1, 0.15) is 63.4 Å². The maximum atomic E-state index is 11.6. The highest BCUT2D eigenvalue weighted by Crippen LogP contribution is 2.33. The average molecular weight is 439 g/mol. The van der Waals surface area contributed by atoms with Gasteiger partial charge in [-0.2, -0.15) is 0 Å². The van der Waals surface area contributed by atoms with Crippen LogP contribution in [0, 0.1) is 17.8 Å². The van der Waals surface area contributed by atoms with Crippen molar-refractivity contribution >= 4 is 16.9 Å². The lowest BCUT2D eigenvalue weighted by Gasteiger charge is -2.40. The van der Waals surface area contributed by atoms with Crippen LogP contribution in [0.5, 0.6) is 5.75 Å². The number of ether oxygens (including phenoxy) is 1. The molecule has 0 spiro atoms. The molecule has 1 saturated carbocycles. The second-order valence-corrected chi connectivity index (χ2v) is 9.92. The Kier molecular flexibility index (Phi) is 8.01. The van der Waals surface area contributed by atoms with Gasteiger partial charge in [-0.05, 0) is 92.7 Å². The molecule has 2 heterocycles. The summed E-state index contributed by atoms with van der Waals surface area (Å²) in [6.07, 6.45) is 13.3. The largest absolute Gasteiger partial charge is 0.497 e. The van der Waals surface area contributed by atoms with Crippen molar-refractivity contribution in [2.45, 2.75) is 64.2 Å². The lowest BCUT2D eigenvalue weighted by atomic mass is 9.79. The highest BCUT2D eigenvalue weighted by atomic mass is 16.5. The molecule has 0 amide bonds. The smallest absolute Gasteiger partial charge is 0.303 e. The number of aryl methyl sites for hydroxylation is 1. The third-order valence-electron chi connectivity index (χ3n) is 7.71. The highest BCUT2D eigenvalue weighted by molar-refractivity contribution is 5.83. The Balaban J connectivity index is 1.34. The fourth-order valence-corrected chi connectivity index (χ4v) is 5.97. The van der Waals surface area contributed by atoms with Gasteiger partial charge in [0.15, 0.2) is 0 Å². The average Bonchev–Trinajstić information content (AvgIpc) is 2.80. The van der Waals surface area contributed by atoms with Crippen LogP contribution in [0.2, 0.25) is 0 Å². The maximum Gasteiger partial charge on any atom is 0.303 e. The fourth-order valence-electron chi connectivity index (χ4n) is 5.97. The summed E-state index contributed by atoms with van der Waals surface area (Å²) in [5.41, 5.74) is 2.31. The quantitative estimate of drug-likeness (QED) is 0.555. The first-order valence-corrected chi connectivity index (χ1v) is 12.5. The van der Waals surface area contributed by atoms with E-state index in [1.165, 1.54) is 44.2 Å². The topological polar surface area (TPSA) is 62.7 Å². The molecular weight excluding hydrogens is 400 g/mol. The Morgan fingerprint density at radius 1 is 1.16 bits per heavy atom. The predicted octanol–water partition coefficient (Wildman–Crippen LogP) is 5.56. The summed E-state index contributed by atoms with van der Waals surface area (Å²) < 4.78 is 5.40. The number of pyridine rings is 1. The van der Waals surface area contributed by atoms with Crippen molar-refractivity contribution in [2.75, 3.05) is 26.7 Å². The van der Waals surface area contributed by atoms with Crippen LogP contribution in [0.25, 0.3) is 10.9 Å². The summed E-state index contributed by atoms with van der Waals surface area (Å²) in [4.78, 5) is 18.6. The van der Waals surface area contributed by atoms with Crippen LogP contribution in [0.4, 0.5) is 0 Å². The molecule has 5 heteroatoms. The van der Waals surface area contributed by atoms with Gasteiger partial charge < -0.3 is 14.7 Å². The summed E-state index contributed by atoms with van der Waals surface area (Å²) in [6.45, 7) is 3.27. The van der Waals surface area contributed by atoms with Gasteiger partial charge in [-0.25, -0.2) is 0 Å². The van der Waals surface area contributed by atoms with Gasteiger partial charge in [-0.3, -0.25) is 9.78 Å². The molecular formula is C27H38N2O3. The lowest BCUT2D eigenvalue weighted by Crippen LogP contribution is -2.43. The number of hydrogen-bond donors (Lipinski definition) is 1. The number of aromatic nitrogens is 1. The standard InChI is InChI=1S/C27H38N2O3/c1-32-24-10-11-26-25(17-24)22(12-14-28-26)9-5-8-21-13-15-29(19-23(21)16-27(30)31)18-20-6-3-2-4-7-20/h10-12,14,17,20-21,23H,2-9,13,15-16,18-19H2,1H3,(H,30,31)/t21-,23+/m1/s1. The first kappa shape index (κ1) is 23.0. The molecule has 1 saturated heterocycles. The van der Waals surface area contributed by atoms with Gasteiger partial charge in [0, 0.05) is 31.1 Å². The number of nitrogens with zero attached hydrogens (tertiary/aromatic N) is 2. The molecule has 2 fully saturated rings. The monoisotopic (exact) mass is 438 g/mol. The molecule has 32 heavy (non-hydrogen) atoms. The van der Waals surface area contributed by atoms with Gasteiger partial charge in [-0.15, -0.1) is 0 Å². The molecule has 2 atom stereocenters. The van der Waals surface area contributed by atoms with E-state index >= 15 is 0 Å². The molecule has 1 aromatic carbocycles. The van der Waals surface area contributed by atoms with Gasteiger partial charge in [0.2, 0.25) is 0 Å². The van der Waals surface area contributed by atoms with Gasteiger partial charge in [0.1, 0.15) is 5.75 Å². The van der Waals surface area contributed by atoms with Crippen LogP contribution in [0.15, 0.2) is 30.5 Å². The van der Waals surface area contributed by atoms with Crippen LogP contribution in [-0.4, -0.2) is 47.7 Å². The number of methoxy groups -OCH3 is 1. The van der Waals surface area contributed by atoms with E-state index in [0.29, 0.717) is 12.3 Å². The minimum absolute atomic E-state index is 0.277. The van der Waals surface area contributed by atoms with Crippen molar-refractivity contribution in [3.05, 3.63) is 36.0 Å². The molecule has 0 radical (unpaired) electrons. The Morgan fingerprint density at radius 2 is 2.00 bits per heavy atom. The molecule has 0 bridgehead atoms. The number of aliphatic carboxylic acids is 1. The Morgan fingerprint density at radius 3 is 2.78 bits per heavy atom. The molecule has 1 aliphatic carbocycles. The van der Waals surface area contributed by atoms with Crippen molar-refractivity contribution in [1.82, 2.24) is 9.88 Å². The first-order valence-electron chi connectivity index (χ1n) is 12.5. The molecule has 0 unspecified atom stereocenters. The van der Waals surface area contributed by atoms with Crippen LogP contribution >= 0.6 is 0 Å². The summed E-state index contributed by atoms with van der Waals surface area (Å²) in [7, 11) is 1.69. The number of likely N-dealkylation sites (tertiary alicyclic amines) is 1. The van der Waals surface area contributed by atoms with E-state index in [-0.39, 0.29) is 5.92 Å². The van der Waals surface area contributed by atoms with E-state index in [4.69, 9.17) is 4.74 Å². The highest BCUT2D eigenvalue weighted by Gasteiger charge is 2.31. The Bertz CT molecular complexity index is 894. The van der Waals surface area contributed by atoms with Gasteiger partial charge in [0.25, 0.3) is 0 Å². The van der Waals surface area contributed by atoms with Crippen molar-refractivity contribution in [1.29, 1.82) is 0 Å². The number of carboxylic acid groups (broad SMARTS) is 1. The minimum atomic E-state index is -0.647. The van der Waals surface area contributed by atoms with Gasteiger partial charge >= 0.3 is 5.97 Å². The van der Waals surface area contributed by atoms with Crippen LogP contribution < -0.4 is 4.74 Å². The van der Waals surface area contributed by atoms with E-state index in [0.717, 1.165) is 61.3 Å². The third kappa shape index (κ3) is 6.00. The first-order chi connectivity index (χ1) is 15.6. The van der Waals surface area contributed by atoms with E-state index in [2.05, 4.69) is 22.0 Å². The van der Waals surface area contributed by atoms with Gasteiger partial charge in [0.05, 0.1) is 12.6 Å². The molecule has 174 valence electrons. The van der Waals surface area contributed by atoms with E-state index in [1.54, 1.807) is 7.11 Å². The third-order valence-corrected chi connectivity index (χ3v) is 7.71. The summed E-state index contributed by atoms with van der Waals surface area (Å²) >= 11 is 0. The number of carbonyl (C=O) groups is 1. The summed E-state index contributed by atoms with van der Waals surface area (Å²) in [6, 6.07) is 8.16. The van der Waals surface area contributed by atoms with Crippen LogP contribution in [-0.2, 0) is 11.2 Å². The second-order valence-electron chi connectivity index (χ2n) is 9.92. The van der Waals surface area contributed by atoms with E-state index in [9.17, 15) is 9.90 Å². The number of piperidine rings is 1. The zero-order valence-corrected chi connectivity index (χ0v) is 19.5. The van der Waals surface area contributed by atoms with Crippen molar-refractivity contribution in [2.24, 2.45) is 17.8 Å². The summed E-state index contributed by atoms with van der Waals surface area (Å²) in [5, 5.41) is 10.7. The molecule has 1 aromatic heterocycles. The zero-order chi connectivity index (χ0) is 22.3. The number of rotatable bonds is 9. The van der Waals surface area contributed by atoms with E-state index in [1.807, 2.05) is 18.3 Å². The molecule has 1 N–H and O–H groups in total. The minimum Gasteiger partial charge on any atom is -0.497 e. The van der Waals surface area contributed by atoms with Crippen LogP contribution in [0.3, 0.4) is 0 Å². The molecule has 1 aliphatic heterocycles. The summed E-state index contributed by atoms with van der Waals surface area (Å²) in [5.74, 6) is 1.82. The Labute approximate surface area is 192 Å². The number of fused-ring (bicyclic) bond motifs is 1. The normalized spacial score (nSPS) is 22.8. The van der Waals surface area contributed by atoms with Crippen molar-refractivity contribution < 1.29 is 14.6 Å². The Hall–Kier alpha value is -2.14. The predicted molar refractivity (Wildman–Crippen MR) is 128 cm³/mol. The number of hydrogen-bond acceptors (Lipinski definition) is 4. The SMILES string of the molecule is COc1ccc2nccc(CCC[C@@H]3CCN(CC4CCCCC4)C[C@@H]3CC(=O)O)c2c1. The zero-order valence-electron chi connectivity index (χ0n) is 19.5. The van der Waals surface area contributed by atoms with Gasteiger partial charge in [-0.1, -0.05) is 19.3 Å². The molecule has 4 rings (SSSR count). The van der Waals surface area contributed by atoms with E-state index < -0.39 is 5.97 Å². The molecule has 5 nitrogen and oxygen atoms in total. The molecule has 2 aromatic rings.